The second kappa shape index (κ2) is 5.14. The summed E-state index contributed by atoms with van der Waals surface area (Å²) in [4.78, 5) is 11.8. The summed E-state index contributed by atoms with van der Waals surface area (Å²) in [6.07, 6.45) is 0. The number of hydrogen-bond acceptors (Lipinski definition) is 2. The first-order chi connectivity index (χ1) is 7.71. The summed E-state index contributed by atoms with van der Waals surface area (Å²) in [6, 6.07) is 3.66. The standard InChI is InChI=1S/C12H16BrFN2O/c1-12(2,3)10(15)11(17)16-7-4-5-9(14)8(13)6-7/h4-6,10H,15H2,1-3H3,(H,16,17)/t10-/m1/s1. The molecule has 0 saturated heterocycles. The third-order valence-electron chi connectivity index (χ3n) is 2.40. The summed E-state index contributed by atoms with van der Waals surface area (Å²) < 4.78 is 13.3. The SMILES string of the molecule is CC(C)(C)[C@H](N)C(=O)Nc1ccc(F)c(Br)c1. The lowest BCUT2D eigenvalue weighted by Crippen LogP contribution is -2.45. The van der Waals surface area contributed by atoms with Crippen LogP contribution in [-0.4, -0.2) is 11.9 Å². The molecule has 0 bridgehead atoms. The van der Waals surface area contributed by atoms with Crippen LogP contribution in [0.25, 0.3) is 0 Å². The van der Waals surface area contributed by atoms with Gasteiger partial charge in [0.05, 0.1) is 10.5 Å². The molecule has 0 fully saturated rings. The molecule has 0 aliphatic carbocycles. The van der Waals surface area contributed by atoms with Gasteiger partial charge in [0.2, 0.25) is 5.91 Å². The van der Waals surface area contributed by atoms with Crippen LogP contribution in [0.5, 0.6) is 0 Å². The van der Waals surface area contributed by atoms with Crippen molar-refractivity contribution in [2.24, 2.45) is 11.1 Å². The number of nitrogens with one attached hydrogen (secondary N) is 1. The summed E-state index contributed by atoms with van der Waals surface area (Å²) in [6.45, 7) is 5.66. The number of hydrogen-bond donors (Lipinski definition) is 2. The molecule has 0 spiro atoms. The van der Waals surface area contributed by atoms with Gasteiger partial charge in [-0.05, 0) is 39.5 Å². The van der Waals surface area contributed by atoms with Gasteiger partial charge in [-0.25, -0.2) is 4.39 Å². The third kappa shape index (κ3) is 3.78. The Balaban J connectivity index is 2.78. The van der Waals surface area contributed by atoms with Crippen molar-refractivity contribution in [2.45, 2.75) is 26.8 Å². The van der Waals surface area contributed by atoms with Gasteiger partial charge < -0.3 is 11.1 Å². The normalized spacial score (nSPS) is 13.3. The zero-order valence-corrected chi connectivity index (χ0v) is 11.6. The van der Waals surface area contributed by atoms with Crippen molar-refractivity contribution < 1.29 is 9.18 Å². The molecule has 3 nitrogen and oxygen atoms in total. The molecule has 0 aliphatic rings. The Bertz CT molecular complexity index is 429. The fraction of sp³-hybridized carbons (Fsp3) is 0.417. The zero-order chi connectivity index (χ0) is 13.2. The quantitative estimate of drug-likeness (QED) is 0.882. The minimum atomic E-state index is -0.619. The van der Waals surface area contributed by atoms with Crippen LogP contribution in [0.2, 0.25) is 0 Å². The number of anilines is 1. The highest BCUT2D eigenvalue weighted by atomic mass is 79.9. The summed E-state index contributed by atoms with van der Waals surface area (Å²) in [7, 11) is 0. The number of amides is 1. The van der Waals surface area contributed by atoms with E-state index in [2.05, 4.69) is 21.2 Å². The van der Waals surface area contributed by atoms with Gasteiger partial charge in [-0.1, -0.05) is 20.8 Å². The topological polar surface area (TPSA) is 55.1 Å². The Morgan fingerprint density at radius 1 is 1.47 bits per heavy atom. The molecule has 0 aliphatic heterocycles. The highest BCUT2D eigenvalue weighted by Crippen LogP contribution is 2.22. The van der Waals surface area contributed by atoms with E-state index in [0.29, 0.717) is 10.2 Å². The molecule has 94 valence electrons. The van der Waals surface area contributed by atoms with Crippen LogP contribution < -0.4 is 11.1 Å². The molecule has 3 N–H and O–H groups in total. The fourth-order valence-corrected chi connectivity index (χ4v) is 1.57. The Hall–Kier alpha value is -0.940. The van der Waals surface area contributed by atoms with E-state index in [9.17, 15) is 9.18 Å². The first kappa shape index (κ1) is 14.1. The molecular weight excluding hydrogens is 287 g/mol. The summed E-state index contributed by atoms with van der Waals surface area (Å²) >= 11 is 3.05. The second-order valence-electron chi connectivity index (χ2n) is 4.96. The molecule has 0 aromatic heterocycles. The zero-order valence-electron chi connectivity index (χ0n) is 10.1. The van der Waals surface area contributed by atoms with E-state index in [1.54, 1.807) is 0 Å². The van der Waals surface area contributed by atoms with Gasteiger partial charge in [-0.2, -0.15) is 0 Å². The third-order valence-corrected chi connectivity index (χ3v) is 3.01. The average molecular weight is 303 g/mol. The molecule has 5 heteroatoms. The Kier molecular flexibility index (Phi) is 4.27. The van der Waals surface area contributed by atoms with E-state index in [4.69, 9.17) is 5.73 Å². The van der Waals surface area contributed by atoms with Gasteiger partial charge in [0.1, 0.15) is 5.82 Å². The second-order valence-corrected chi connectivity index (χ2v) is 5.82. The molecule has 1 aromatic carbocycles. The van der Waals surface area contributed by atoms with Gasteiger partial charge in [0.25, 0.3) is 0 Å². The summed E-state index contributed by atoms with van der Waals surface area (Å²) in [5.41, 5.74) is 6.01. The number of carbonyl (C=O) groups is 1. The maximum Gasteiger partial charge on any atom is 0.241 e. The van der Waals surface area contributed by atoms with E-state index < -0.39 is 6.04 Å². The highest BCUT2D eigenvalue weighted by Gasteiger charge is 2.27. The van der Waals surface area contributed by atoms with Crippen molar-refractivity contribution in [3.63, 3.8) is 0 Å². The van der Waals surface area contributed by atoms with Crippen LogP contribution in [-0.2, 0) is 4.79 Å². The highest BCUT2D eigenvalue weighted by molar-refractivity contribution is 9.10. The van der Waals surface area contributed by atoms with E-state index in [1.165, 1.54) is 18.2 Å². The molecule has 0 unspecified atom stereocenters. The van der Waals surface area contributed by atoms with E-state index in [1.807, 2.05) is 20.8 Å². The van der Waals surface area contributed by atoms with Gasteiger partial charge in [-0.15, -0.1) is 0 Å². The molecular formula is C12H16BrFN2O. The van der Waals surface area contributed by atoms with Crippen LogP contribution in [0.15, 0.2) is 22.7 Å². The largest absolute Gasteiger partial charge is 0.325 e. The molecule has 1 atom stereocenters. The predicted octanol–water partition coefficient (Wildman–Crippen LogP) is 2.90. The number of halogens is 2. The Morgan fingerprint density at radius 3 is 2.53 bits per heavy atom. The van der Waals surface area contributed by atoms with Crippen molar-refractivity contribution in [2.75, 3.05) is 5.32 Å². The van der Waals surface area contributed by atoms with Crippen LogP contribution in [0.3, 0.4) is 0 Å². The lowest BCUT2D eigenvalue weighted by molar-refractivity contribution is -0.119. The number of carbonyl (C=O) groups excluding carboxylic acids is 1. The van der Waals surface area contributed by atoms with E-state index in [0.717, 1.165) is 0 Å². The minimum absolute atomic E-state index is 0.281. The first-order valence-corrected chi connectivity index (χ1v) is 6.02. The maximum atomic E-state index is 13.0. The predicted molar refractivity (Wildman–Crippen MR) is 70.2 cm³/mol. The molecule has 0 heterocycles. The van der Waals surface area contributed by atoms with Crippen molar-refractivity contribution >= 4 is 27.5 Å². The van der Waals surface area contributed by atoms with Crippen molar-refractivity contribution in [1.29, 1.82) is 0 Å². The number of nitrogens with two attached hydrogens (primary N) is 1. The van der Waals surface area contributed by atoms with Crippen LogP contribution in [0, 0.1) is 11.2 Å². The Labute approximate surface area is 109 Å². The van der Waals surface area contributed by atoms with E-state index in [-0.39, 0.29) is 17.1 Å². The van der Waals surface area contributed by atoms with Crippen LogP contribution in [0.4, 0.5) is 10.1 Å². The molecule has 1 aromatic rings. The lowest BCUT2D eigenvalue weighted by Gasteiger charge is -2.25. The number of benzene rings is 1. The molecule has 17 heavy (non-hydrogen) atoms. The van der Waals surface area contributed by atoms with Crippen LogP contribution in [0.1, 0.15) is 20.8 Å². The van der Waals surface area contributed by atoms with Gasteiger partial charge in [0.15, 0.2) is 0 Å². The smallest absolute Gasteiger partial charge is 0.241 e. The molecule has 0 saturated carbocycles. The van der Waals surface area contributed by atoms with Gasteiger partial charge in [-0.3, -0.25) is 4.79 Å². The lowest BCUT2D eigenvalue weighted by atomic mass is 9.87. The molecule has 1 rings (SSSR count). The Morgan fingerprint density at radius 2 is 2.06 bits per heavy atom. The average Bonchev–Trinajstić information content (AvgIpc) is 2.21. The minimum Gasteiger partial charge on any atom is -0.325 e. The first-order valence-electron chi connectivity index (χ1n) is 5.23. The van der Waals surface area contributed by atoms with Crippen molar-refractivity contribution in [3.05, 3.63) is 28.5 Å². The summed E-state index contributed by atoms with van der Waals surface area (Å²) in [5.74, 6) is -0.654. The maximum absolute atomic E-state index is 13.0. The molecule has 0 radical (unpaired) electrons. The number of rotatable bonds is 2. The monoisotopic (exact) mass is 302 g/mol. The fourth-order valence-electron chi connectivity index (χ4n) is 1.19. The van der Waals surface area contributed by atoms with Crippen molar-refractivity contribution in [3.8, 4) is 0 Å². The van der Waals surface area contributed by atoms with E-state index >= 15 is 0 Å². The van der Waals surface area contributed by atoms with Crippen LogP contribution >= 0.6 is 15.9 Å². The van der Waals surface area contributed by atoms with Crippen molar-refractivity contribution in [1.82, 2.24) is 0 Å². The molecule has 1 amide bonds. The van der Waals surface area contributed by atoms with Gasteiger partial charge in [0, 0.05) is 5.69 Å². The van der Waals surface area contributed by atoms with Gasteiger partial charge >= 0.3 is 0 Å². The summed E-state index contributed by atoms with van der Waals surface area (Å²) in [5, 5.41) is 2.66.